The van der Waals surface area contributed by atoms with Crippen LogP contribution in [0.1, 0.15) is 55.0 Å². The maximum absolute atomic E-state index is 12.8. The largest absolute Gasteiger partial charge is 0.496 e. The van der Waals surface area contributed by atoms with Gasteiger partial charge in [-0.15, -0.1) is 0 Å². The molecule has 25 heavy (non-hydrogen) atoms. The summed E-state index contributed by atoms with van der Waals surface area (Å²) in [6.45, 7) is 9.91. The molecule has 0 amide bonds. The van der Waals surface area contributed by atoms with Gasteiger partial charge >= 0.3 is 0 Å². The van der Waals surface area contributed by atoms with Gasteiger partial charge in [0.2, 0.25) is 10.0 Å². The van der Waals surface area contributed by atoms with Crippen molar-refractivity contribution in [1.82, 2.24) is 4.72 Å². The van der Waals surface area contributed by atoms with E-state index in [-0.39, 0.29) is 16.9 Å². The first-order valence-corrected chi connectivity index (χ1v) is 9.91. The lowest BCUT2D eigenvalue weighted by Crippen LogP contribution is -2.27. The Kier molecular flexibility index (Phi) is 5.91. The quantitative estimate of drug-likeness (QED) is 0.825. The van der Waals surface area contributed by atoms with Crippen LogP contribution in [0, 0.1) is 13.8 Å². The first-order valence-electron chi connectivity index (χ1n) is 8.43. The van der Waals surface area contributed by atoms with Crippen molar-refractivity contribution in [2.75, 3.05) is 7.11 Å². The van der Waals surface area contributed by atoms with Crippen LogP contribution in [0.15, 0.2) is 41.3 Å². The fourth-order valence-corrected chi connectivity index (χ4v) is 4.26. The van der Waals surface area contributed by atoms with E-state index in [4.69, 9.17) is 4.74 Å². The molecule has 2 rings (SSSR count). The number of nitrogens with one attached hydrogen (secondary N) is 1. The molecular formula is C20H27NO3S. The molecule has 0 heterocycles. The third-order valence-corrected chi connectivity index (χ3v) is 5.90. The van der Waals surface area contributed by atoms with E-state index in [1.807, 2.05) is 46.8 Å². The second-order valence-electron chi connectivity index (χ2n) is 6.76. The van der Waals surface area contributed by atoms with Crippen molar-refractivity contribution in [3.05, 3.63) is 58.7 Å². The minimum absolute atomic E-state index is 0.168. The summed E-state index contributed by atoms with van der Waals surface area (Å²) in [5.41, 5.74) is 4.09. The molecule has 5 heteroatoms. The van der Waals surface area contributed by atoms with Crippen molar-refractivity contribution < 1.29 is 13.2 Å². The van der Waals surface area contributed by atoms with E-state index < -0.39 is 10.0 Å². The summed E-state index contributed by atoms with van der Waals surface area (Å²) < 4.78 is 33.8. The van der Waals surface area contributed by atoms with Gasteiger partial charge in [0, 0.05) is 6.04 Å². The van der Waals surface area contributed by atoms with E-state index in [2.05, 4.69) is 10.8 Å². The lowest BCUT2D eigenvalue weighted by atomic mass is 10.0. The minimum atomic E-state index is -3.62. The van der Waals surface area contributed by atoms with Crippen LogP contribution in [0.25, 0.3) is 0 Å². The SMILES string of the molecule is COc1ccc(S(=O)(=O)NC(C)c2ccc(C)cc2C)cc1C(C)C. The molecule has 0 aliphatic heterocycles. The summed E-state index contributed by atoms with van der Waals surface area (Å²) >= 11 is 0. The number of sulfonamides is 1. The summed E-state index contributed by atoms with van der Waals surface area (Å²) in [5.74, 6) is 0.873. The van der Waals surface area contributed by atoms with Crippen molar-refractivity contribution in [2.24, 2.45) is 0 Å². The lowest BCUT2D eigenvalue weighted by molar-refractivity contribution is 0.407. The number of rotatable bonds is 6. The van der Waals surface area contributed by atoms with Gasteiger partial charge in [-0.05, 0) is 61.6 Å². The van der Waals surface area contributed by atoms with E-state index in [0.717, 1.165) is 22.3 Å². The zero-order valence-corrected chi connectivity index (χ0v) is 16.6. The highest BCUT2D eigenvalue weighted by Gasteiger charge is 2.21. The Balaban J connectivity index is 2.34. The van der Waals surface area contributed by atoms with Crippen LogP contribution >= 0.6 is 0 Å². The summed E-state index contributed by atoms with van der Waals surface area (Å²) in [6.07, 6.45) is 0. The Morgan fingerprint density at radius 2 is 1.64 bits per heavy atom. The molecule has 2 aromatic carbocycles. The van der Waals surface area contributed by atoms with E-state index in [0.29, 0.717) is 5.75 Å². The Morgan fingerprint density at radius 3 is 2.20 bits per heavy atom. The van der Waals surface area contributed by atoms with Crippen molar-refractivity contribution in [3.63, 3.8) is 0 Å². The Morgan fingerprint density at radius 1 is 0.960 bits per heavy atom. The van der Waals surface area contributed by atoms with E-state index in [1.54, 1.807) is 25.3 Å². The summed E-state index contributed by atoms with van der Waals surface area (Å²) in [4.78, 5) is 0.258. The molecular weight excluding hydrogens is 334 g/mol. The Bertz CT molecular complexity index is 857. The van der Waals surface area contributed by atoms with Gasteiger partial charge in [0.1, 0.15) is 5.75 Å². The normalized spacial score (nSPS) is 13.1. The molecule has 0 aromatic heterocycles. The molecule has 0 radical (unpaired) electrons. The molecule has 1 atom stereocenters. The molecule has 0 saturated carbocycles. The second-order valence-corrected chi connectivity index (χ2v) is 8.48. The average Bonchev–Trinajstić information content (AvgIpc) is 2.53. The molecule has 0 spiro atoms. The molecule has 136 valence electrons. The van der Waals surface area contributed by atoms with E-state index in [9.17, 15) is 8.42 Å². The van der Waals surface area contributed by atoms with Gasteiger partial charge in [0.15, 0.2) is 0 Å². The number of aryl methyl sites for hydroxylation is 2. The number of hydrogen-bond donors (Lipinski definition) is 1. The van der Waals surface area contributed by atoms with Crippen LogP contribution in [0.4, 0.5) is 0 Å². The van der Waals surface area contributed by atoms with E-state index >= 15 is 0 Å². The van der Waals surface area contributed by atoms with Crippen LogP contribution in [0.2, 0.25) is 0 Å². The summed E-state index contributed by atoms with van der Waals surface area (Å²) in [7, 11) is -2.03. The van der Waals surface area contributed by atoms with Crippen LogP contribution in [-0.4, -0.2) is 15.5 Å². The molecule has 0 saturated heterocycles. The summed E-state index contributed by atoms with van der Waals surface area (Å²) in [5, 5.41) is 0. The minimum Gasteiger partial charge on any atom is -0.496 e. The summed E-state index contributed by atoms with van der Waals surface area (Å²) in [6, 6.07) is 10.7. The first-order chi connectivity index (χ1) is 11.7. The Hall–Kier alpha value is -1.85. The van der Waals surface area contributed by atoms with E-state index in [1.165, 1.54) is 0 Å². The van der Waals surface area contributed by atoms with Gasteiger partial charge in [-0.3, -0.25) is 0 Å². The van der Waals surface area contributed by atoms with Crippen molar-refractivity contribution in [2.45, 2.75) is 51.5 Å². The molecule has 0 aliphatic carbocycles. The highest BCUT2D eigenvalue weighted by atomic mass is 32.2. The molecule has 2 aromatic rings. The zero-order valence-electron chi connectivity index (χ0n) is 15.8. The molecule has 0 aliphatic rings. The molecule has 0 fully saturated rings. The maximum Gasteiger partial charge on any atom is 0.241 e. The molecule has 4 nitrogen and oxygen atoms in total. The zero-order chi connectivity index (χ0) is 18.8. The fourth-order valence-electron chi connectivity index (χ4n) is 3.01. The maximum atomic E-state index is 12.8. The van der Waals surface area contributed by atoms with Gasteiger partial charge in [0.25, 0.3) is 0 Å². The van der Waals surface area contributed by atoms with Gasteiger partial charge < -0.3 is 4.74 Å². The van der Waals surface area contributed by atoms with Gasteiger partial charge in [-0.25, -0.2) is 13.1 Å². The predicted molar refractivity (Wildman–Crippen MR) is 102 cm³/mol. The fraction of sp³-hybridized carbons (Fsp3) is 0.400. The lowest BCUT2D eigenvalue weighted by Gasteiger charge is -2.19. The van der Waals surface area contributed by atoms with Crippen molar-refractivity contribution in [1.29, 1.82) is 0 Å². The van der Waals surface area contributed by atoms with Crippen molar-refractivity contribution >= 4 is 10.0 Å². The third-order valence-electron chi connectivity index (χ3n) is 4.36. The van der Waals surface area contributed by atoms with Crippen LogP contribution in [-0.2, 0) is 10.0 Å². The van der Waals surface area contributed by atoms with Crippen molar-refractivity contribution in [3.8, 4) is 5.75 Å². The third kappa shape index (κ3) is 4.41. The molecule has 1 N–H and O–H groups in total. The first kappa shape index (κ1) is 19.5. The highest BCUT2D eigenvalue weighted by molar-refractivity contribution is 7.89. The van der Waals surface area contributed by atoms with Gasteiger partial charge in [-0.1, -0.05) is 37.6 Å². The van der Waals surface area contributed by atoms with Crippen LogP contribution < -0.4 is 9.46 Å². The monoisotopic (exact) mass is 361 g/mol. The molecule has 1 unspecified atom stereocenters. The van der Waals surface area contributed by atoms with Gasteiger partial charge in [0.05, 0.1) is 12.0 Å². The highest BCUT2D eigenvalue weighted by Crippen LogP contribution is 2.29. The smallest absolute Gasteiger partial charge is 0.241 e. The number of benzene rings is 2. The number of ether oxygens (including phenoxy) is 1. The molecule has 0 bridgehead atoms. The van der Waals surface area contributed by atoms with Gasteiger partial charge in [-0.2, -0.15) is 0 Å². The average molecular weight is 362 g/mol. The topological polar surface area (TPSA) is 55.4 Å². The van der Waals surface area contributed by atoms with Crippen LogP contribution in [0.5, 0.6) is 5.75 Å². The second kappa shape index (κ2) is 7.58. The van der Waals surface area contributed by atoms with Crippen LogP contribution in [0.3, 0.4) is 0 Å². The number of hydrogen-bond acceptors (Lipinski definition) is 3. The number of methoxy groups -OCH3 is 1. The Labute approximate surface area is 151 Å². The predicted octanol–water partition coefficient (Wildman–Crippen LogP) is 4.47. The standard InChI is InChI=1S/C20H27NO3S/c1-13(2)19-12-17(8-10-20(19)24-6)25(22,23)21-16(5)18-9-7-14(3)11-15(18)4/h7-13,16,21H,1-6H3.